The molecule has 0 N–H and O–H groups in total. The van der Waals surface area contributed by atoms with E-state index in [0.717, 1.165) is 25.0 Å². The number of hydrogen-bond donors (Lipinski definition) is 0. The van der Waals surface area contributed by atoms with Gasteiger partial charge in [0, 0.05) is 25.4 Å². The predicted octanol–water partition coefficient (Wildman–Crippen LogP) is 3.24. The average Bonchev–Trinajstić information content (AvgIpc) is 2.17. The molecule has 2 nitrogen and oxygen atoms in total. The predicted molar refractivity (Wildman–Crippen MR) is 65.8 cm³/mol. The molecular formula is C13H25NO. The number of amides is 1. The first-order valence-electron chi connectivity index (χ1n) is 5.77. The summed E-state index contributed by atoms with van der Waals surface area (Å²) in [5.74, 6) is 0.235. The van der Waals surface area contributed by atoms with Crippen LogP contribution in [0.4, 0.5) is 0 Å². The van der Waals surface area contributed by atoms with Crippen molar-refractivity contribution in [3.63, 3.8) is 0 Å². The highest BCUT2D eigenvalue weighted by Crippen LogP contribution is 2.30. The summed E-state index contributed by atoms with van der Waals surface area (Å²) in [4.78, 5) is 13.5. The van der Waals surface area contributed by atoms with E-state index in [1.54, 1.807) is 0 Å². The Morgan fingerprint density at radius 1 is 1.40 bits per heavy atom. The summed E-state index contributed by atoms with van der Waals surface area (Å²) >= 11 is 0. The highest BCUT2D eigenvalue weighted by Gasteiger charge is 2.26. The maximum atomic E-state index is 11.7. The molecule has 0 aromatic heterocycles. The van der Waals surface area contributed by atoms with Crippen LogP contribution < -0.4 is 0 Å². The van der Waals surface area contributed by atoms with E-state index in [1.165, 1.54) is 0 Å². The fourth-order valence-electron chi connectivity index (χ4n) is 1.56. The van der Waals surface area contributed by atoms with Gasteiger partial charge in [0.25, 0.3) is 0 Å². The van der Waals surface area contributed by atoms with E-state index in [0.29, 0.717) is 6.42 Å². The first kappa shape index (κ1) is 14.2. The average molecular weight is 211 g/mol. The van der Waals surface area contributed by atoms with Gasteiger partial charge < -0.3 is 4.90 Å². The third kappa shape index (κ3) is 4.06. The van der Waals surface area contributed by atoms with Crippen molar-refractivity contribution in [3.8, 4) is 0 Å². The second-order valence-corrected chi connectivity index (χ2v) is 4.69. The topological polar surface area (TPSA) is 20.3 Å². The van der Waals surface area contributed by atoms with Crippen LogP contribution >= 0.6 is 0 Å². The van der Waals surface area contributed by atoms with Gasteiger partial charge in [-0.05, 0) is 19.8 Å². The van der Waals surface area contributed by atoms with Gasteiger partial charge in [-0.3, -0.25) is 4.79 Å². The zero-order valence-electron chi connectivity index (χ0n) is 10.9. The molecule has 0 saturated heterocycles. The minimum atomic E-state index is 0.0537. The third-order valence-corrected chi connectivity index (χ3v) is 3.29. The van der Waals surface area contributed by atoms with Crippen LogP contribution in [0.2, 0.25) is 0 Å². The van der Waals surface area contributed by atoms with Gasteiger partial charge in [0.1, 0.15) is 0 Å². The van der Waals surface area contributed by atoms with Crippen LogP contribution in [0.3, 0.4) is 0 Å². The van der Waals surface area contributed by atoms with E-state index >= 15 is 0 Å². The molecule has 0 rings (SSSR count). The summed E-state index contributed by atoms with van der Waals surface area (Å²) in [6.45, 7) is 13.2. The molecular weight excluding hydrogens is 186 g/mol. The molecule has 0 aliphatic heterocycles. The van der Waals surface area contributed by atoms with Crippen molar-refractivity contribution in [2.24, 2.45) is 5.41 Å². The van der Waals surface area contributed by atoms with Crippen LogP contribution in [0.25, 0.3) is 0 Å². The normalized spacial score (nSPS) is 14.5. The third-order valence-electron chi connectivity index (χ3n) is 3.29. The molecule has 0 heterocycles. The molecule has 15 heavy (non-hydrogen) atoms. The molecule has 0 aliphatic carbocycles. The molecule has 0 fully saturated rings. The van der Waals surface area contributed by atoms with Crippen molar-refractivity contribution in [2.75, 3.05) is 13.6 Å². The van der Waals surface area contributed by atoms with Crippen LogP contribution in [-0.2, 0) is 4.79 Å². The maximum Gasteiger partial charge on any atom is 0.222 e. The number of hydrogen-bond acceptors (Lipinski definition) is 1. The molecule has 2 heteroatoms. The Labute approximate surface area is 94.4 Å². The Kier molecular flexibility index (Phi) is 5.63. The van der Waals surface area contributed by atoms with Crippen molar-refractivity contribution in [1.82, 2.24) is 4.90 Å². The highest BCUT2D eigenvalue weighted by atomic mass is 16.2. The van der Waals surface area contributed by atoms with Crippen molar-refractivity contribution < 1.29 is 4.79 Å². The molecule has 0 radical (unpaired) electrons. The smallest absolute Gasteiger partial charge is 0.222 e. The van der Waals surface area contributed by atoms with Crippen LogP contribution in [-0.4, -0.2) is 24.4 Å². The summed E-state index contributed by atoms with van der Waals surface area (Å²) in [5.41, 5.74) is 1.21. The molecule has 0 bridgehead atoms. The van der Waals surface area contributed by atoms with Gasteiger partial charge in [-0.25, -0.2) is 0 Å². The standard InChI is InChI=1S/C13H25NO/c1-7-9-12(15)14(6)10-13(5,8-2)11(3)4/h3,7-10H2,1-2,4-6H3. The zero-order chi connectivity index (χ0) is 12.1. The number of carbonyl (C=O) groups is 1. The SMILES string of the molecule is C=C(C)C(C)(CC)CN(C)C(=O)CCC. The molecule has 0 spiro atoms. The molecule has 1 atom stereocenters. The molecule has 1 amide bonds. The van der Waals surface area contributed by atoms with Gasteiger partial charge in [0.05, 0.1) is 0 Å². The van der Waals surface area contributed by atoms with Gasteiger partial charge in [0.15, 0.2) is 0 Å². The molecule has 0 aromatic rings. The van der Waals surface area contributed by atoms with Gasteiger partial charge in [-0.2, -0.15) is 0 Å². The Morgan fingerprint density at radius 2 is 1.93 bits per heavy atom. The summed E-state index contributed by atoms with van der Waals surface area (Å²) < 4.78 is 0. The number of carbonyl (C=O) groups excluding carboxylic acids is 1. The Bertz CT molecular complexity index is 235. The number of nitrogens with zero attached hydrogens (tertiary/aromatic N) is 1. The fraction of sp³-hybridized carbons (Fsp3) is 0.769. The van der Waals surface area contributed by atoms with E-state index in [-0.39, 0.29) is 11.3 Å². The molecule has 1 unspecified atom stereocenters. The second-order valence-electron chi connectivity index (χ2n) is 4.69. The van der Waals surface area contributed by atoms with Crippen LogP contribution in [0.1, 0.15) is 47.0 Å². The first-order valence-corrected chi connectivity index (χ1v) is 5.77. The zero-order valence-corrected chi connectivity index (χ0v) is 10.9. The lowest BCUT2D eigenvalue weighted by Gasteiger charge is -2.33. The van der Waals surface area contributed by atoms with Crippen LogP contribution in [0.5, 0.6) is 0 Å². The van der Waals surface area contributed by atoms with Crippen molar-refractivity contribution in [2.45, 2.75) is 47.0 Å². The van der Waals surface area contributed by atoms with Crippen molar-refractivity contribution >= 4 is 5.91 Å². The summed E-state index contributed by atoms with van der Waals surface area (Å²) in [5, 5.41) is 0. The highest BCUT2D eigenvalue weighted by molar-refractivity contribution is 5.75. The first-order chi connectivity index (χ1) is 6.87. The Hall–Kier alpha value is -0.790. The van der Waals surface area contributed by atoms with Gasteiger partial charge >= 0.3 is 0 Å². The largest absolute Gasteiger partial charge is 0.345 e. The van der Waals surface area contributed by atoms with Gasteiger partial charge in [0.2, 0.25) is 5.91 Å². The quantitative estimate of drug-likeness (QED) is 0.618. The fourth-order valence-corrected chi connectivity index (χ4v) is 1.56. The molecule has 88 valence electrons. The molecule has 0 aromatic carbocycles. The van der Waals surface area contributed by atoms with E-state index in [1.807, 2.05) is 25.8 Å². The van der Waals surface area contributed by atoms with Crippen molar-refractivity contribution in [3.05, 3.63) is 12.2 Å². The monoisotopic (exact) mass is 211 g/mol. The van der Waals surface area contributed by atoms with E-state index in [4.69, 9.17) is 0 Å². The van der Waals surface area contributed by atoms with Crippen LogP contribution in [0, 0.1) is 5.41 Å². The molecule has 0 saturated carbocycles. The van der Waals surface area contributed by atoms with E-state index in [9.17, 15) is 4.79 Å². The van der Waals surface area contributed by atoms with Gasteiger partial charge in [-0.15, -0.1) is 0 Å². The Balaban J connectivity index is 4.42. The summed E-state index contributed by atoms with van der Waals surface area (Å²) in [6, 6.07) is 0. The minimum absolute atomic E-state index is 0.0537. The van der Waals surface area contributed by atoms with Crippen molar-refractivity contribution in [1.29, 1.82) is 0 Å². The van der Waals surface area contributed by atoms with Gasteiger partial charge in [-0.1, -0.05) is 32.9 Å². The lowest BCUT2D eigenvalue weighted by atomic mass is 9.80. The Morgan fingerprint density at radius 3 is 2.27 bits per heavy atom. The minimum Gasteiger partial charge on any atom is -0.345 e. The number of rotatable bonds is 6. The lowest BCUT2D eigenvalue weighted by molar-refractivity contribution is -0.131. The summed E-state index contributed by atoms with van der Waals surface area (Å²) in [7, 11) is 1.88. The maximum absolute atomic E-state index is 11.7. The van der Waals surface area contributed by atoms with Crippen LogP contribution in [0.15, 0.2) is 12.2 Å². The van der Waals surface area contributed by atoms with E-state index < -0.39 is 0 Å². The lowest BCUT2D eigenvalue weighted by Crippen LogP contribution is -2.37. The second kappa shape index (κ2) is 5.94. The summed E-state index contributed by atoms with van der Waals surface area (Å²) in [6.07, 6.45) is 2.58. The molecule has 0 aliphatic rings. The van der Waals surface area contributed by atoms with E-state index in [2.05, 4.69) is 20.4 Å².